The first-order chi connectivity index (χ1) is 9.93. The highest BCUT2D eigenvalue weighted by molar-refractivity contribution is 5.92. The zero-order valence-corrected chi connectivity index (χ0v) is 11.4. The van der Waals surface area contributed by atoms with Gasteiger partial charge in [0.15, 0.2) is 0 Å². The molecule has 1 aromatic rings. The number of amides is 1. The largest absolute Gasteiger partial charge is 0.481 e. The third kappa shape index (κ3) is 3.39. The number of carbonyl (C=O) groups excluding carboxylic acids is 1. The van der Waals surface area contributed by atoms with Crippen LogP contribution in [0.25, 0.3) is 0 Å². The zero-order chi connectivity index (χ0) is 15.5. The number of carbonyl (C=O) groups is 2. The molecule has 0 saturated heterocycles. The van der Waals surface area contributed by atoms with Crippen LogP contribution in [0.2, 0.25) is 0 Å². The molecule has 2 rings (SSSR count). The van der Waals surface area contributed by atoms with E-state index < -0.39 is 28.5 Å². The molecule has 0 aromatic carbocycles. The minimum Gasteiger partial charge on any atom is -0.481 e. The molecular weight excluding hydrogens is 278 g/mol. The molecule has 1 amide bonds. The van der Waals surface area contributed by atoms with Crippen molar-refractivity contribution in [1.29, 1.82) is 0 Å². The molecule has 0 atom stereocenters. The summed E-state index contributed by atoms with van der Waals surface area (Å²) in [6.07, 6.45) is 3.63. The van der Waals surface area contributed by atoms with Crippen molar-refractivity contribution in [2.75, 3.05) is 6.54 Å². The van der Waals surface area contributed by atoms with Gasteiger partial charge in [-0.05, 0) is 12.8 Å². The van der Waals surface area contributed by atoms with Crippen LogP contribution in [-0.2, 0) is 4.79 Å². The molecule has 1 aliphatic carbocycles. The number of aliphatic carboxylic acids is 1. The lowest BCUT2D eigenvalue weighted by atomic mass is 9.74. The summed E-state index contributed by atoms with van der Waals surface area (Å²) in [6, 6.07) is 0.963. The SMILES string of the molecule is O=C(NCC1(C(=O)O)CCCCC1)c1cc(=O)[nH]c(=O)[nH]1. The van der Waals surface area contributed by atoms with Crippen molar-refractivity contribution < 1.29 is 14.7 Å². The molecule has 1 aromatic heterocycles. The fourth-order valence-electron chi connectivity index (χ4n) is 2.63. The first-order valence-electron chi connectivity index (χ1n) is 6.78. The van der Waals surface area contributed by atoms with E-state index in [0.29, 0.717) is 12.8 Å². The van der Waals surface area contributed by atoms with Crippen LogP contribution in [0, 0.1) is 5.41 Å². The Morgan fingerprint density at radius 3 is 2.43 bits per heavy atom. The van der Waals surface area contributed by atoms with E-state index in [1.807, 2.05) is 4.98 Å². The summed E-state index contributed by atoms with van der Waals surface area (Å²) in [5.41, 5.74) is -2.61. The number of rotatable bonds is 4. The van der Waals surface area contributed by atoms with Gasteiger partial charge < -0.3 is 15.4 Å². The Hall–Kier alpha value is -2.38. The summed E-state index contributed by atoms with van der Waals surface area (Å²) < 4.78 is 0. The highest BCUT2D eigenvalue weighted by atomic mass is 16.4. The van der Waals surface area contributed by atoms with Crippen LogP contribution in [0.3, 0.4) is 0 Å². The topological polar surface area (TPSA) is 132 Å². The lowest BCUT2D eigenvalue weighted by molar-refractivity contribution is -0.150. The number of hydrogen-bond acceptors (Lipinski definition) is 4. The fourth-order valence-corrected chi connectivity index (χ4v) is 2.63. The Kier molecular flexibility index (Phi) is 4.25. The average Bonchev–Trinajstić information content (AvgIpc) is 2.44. The molecule has 0 unspecified atom stereocenters. The Morgan fingerprint density at radius 1 is 1.19 bits per heavy atom. The molecule has 0 aliphatic heterocycles. The monoisotopic (exact) mass is 295 g/mol. The number of carboxylic acids is 1. The van der Waals surface area contributed by atoms with Crippen LogP contribution < -0.4 is 16.6 Å². The summed E-state index contributed by atoms with van der Waals surface area (Å²) in [5, 5.41) is 11.9. The quantitative estimate of drug-likeness (QED) is 0.612. The van der Waals surface area contributed by atoms with E-state index in [-0.39, 0.29) is 12.2 Å². The van der Waals surface area contributed by atoms with Gasteiger partial charge in [0.1, 0.15) is 5.69 Å². The second-order valence-electron chi connectivity index (χ2n) is 5.33. The second kappa shape index (κ2) is 5.94. The molecular formula is C13H17N3O5. The van der Waals surface area contributed by atoms with Crippen LogP contribution in [0.1, 0.15) is 42.6 Å². The van der Waals surface area contributed by atoms with E-state index in [9.17, 15) is 24.3 Å². The minimum atomic E-state index is -0.963. The summed E-state index contributed by atoms with van der Waals surface area (Å²) in [5.74, 6) is -1.59. The van der Waals surface area contributed by atoms with Gasteiger partial charge in [-0.25, -0.2) is 4.79 Å². The number of aromatic amines is 2. The van der Waals surface area contributed by atoms with Gasteiger partial charge in [-0.1, -0.05) is 19.3 Å². The Bertz CT molecular complexity index is 626. The highest BCUT2D eigenvalue weighted by Crippen LogP contribution is 2.36. The fraction of sp³-hybridized carbons (Fsp3) is 0.538. The molecule has 1 heterocycles. The Balaban J connectivity index is 2.10. The molecule has 8 heteroatoms. The molecule has 0 spiro atoms. The van der Waals surface area contributed by atoms with Crippen LogP contribution in [0.15, 0.2) is 15.7 Å². The van der Waals surface area contributed by atoms with Crippen molar-refractivity contribution in [1.82, 2.24) is 15.3 Å². The average molecular weight is 295 g/mol. The maximum atomic E-state index is 11.9. The van der Waals surface area contributed by atoms with Crippen LogP contribution >= 0.6 is 0 Å². The maximum absolute atomic E-state index is 11.9. The van der Waals surface area contributed by atoms with Gasteiger partial charge in [0, 0.05) is 12.6 Å². The zero-order valence-electron chi connectivity index (χ0n) is 11.4. The van der Waals surface area contributed by atoms with Crippen molar-refractivity contribution in [3.8, 4) is 0 Å². The molecule has 0 bridgehead atoms. The van der Waals surface area contributed by atoms with Crippen molar-refractivity contribution in [2.24, 2.45) is 5.41 Å². The van der Waals surface area contributed by atoms with Gasteiger partial charge in [-0.3, -0.25) is 19.4 Å². The van der Waals surface area contributed by atoms with E-state index >= 15 is 0 Å². The molecule has 4 N–H and O–H groups in total. The molecule has 114 valence electrons. The molecule has 0 radical (unpaired) electrons. The lowest BCUT2D eigenvalue weighted by Gasteiger charge is -2.33. The van der Waals surface area contributed by atoms with E-state index in [4.69, 9.17) is 0 Å². The molecule has 8 nitrogen and oxygen atoms in total. The number of nitrogens with one attached hydrogen (secondary N) is 3. The predicted molar refractivity (Wildman–Crippen MR) is 73.2 cm³/mol. The first-order valence-corrected chi connectivity index (χ1v) is 6.78. The molecule has 1 fully saturated rings. The van der Waals surface area contributed by atoms with Crippen molar-refractivity contribution in [3.05, 3.63) is 32.6 Å². The van der Waals surface area contributed by atoms with E-state index in [0.717, 1.165) is 25.3 Å². The van der Waals surface area contributed by atoms with Gasteiger partial charge in [0.25, 0.3) is 11.5 Å². The smallest absolute Gasteiger partial charge is 0.326 e. The highest BCUT2D eigenvalue weighted by Gasteiger charge is 2.39. The van der Waals surface area contributed by atoms with Gasteiger partial charge in [-0.15, -0.1) is 0 Å². The number of hydrogen-bond donors (Lipinski definition) is 4. The van der Waals surface area contributed by atoms with Gasteiger partial charge in [-0.2, -0.15) is 0 Å². The summed E-state index contributed by atoms with van der Waals surface area (Å²) in [6.45, 7) is -0.0179. The second-order valence-corrected chi connectivity index (χ2v) is 5.33. The summed E-state index contributed by atoms with van der Waals surface area (Å²) in [4.78, 5) is 49.8. The van der Waals surface area contributed by atoms with E-state index in [2.05, 4.69) is 10.3 Å². The van der Waals surface area contributed by atoms with E-state index in [1.165, 1.54) is 0 Å². The third-order valence-corrected chi connectivity index (χ3v) is 3.86. The summed E-state index contributed by atoms with van der Waals surface area (Å²) in [7, 11) is 0. The van der Waals surface area contributed by atoms with Crippen LogP contribution in [0.5, 0.6) is 0 Å². The molecule has 1 aliphatic rings. The molecule has 1 saturated carbocycles. The third-order valence-electron chi connectivity index (χ3n) is 3.86. The Labute approximate surface area is 119 Å². The van der Waals surface area contributed by atoms with Gasteiger partial charge in [0.2, 0.25) is 0 Å². The number of carboxylic acid groups (broad SMARTS) is 1. The van der Waals surface area contributed by atoms with Gasteiger partial charge >= 0.3 is 11.7 Å². The Morgan fingerprint density at radius 2 is 1.86 bits per heavy atom. The molecule has 21 heavy (non-hydrogen) atoms. The van der Waals surface area contributed by atoms with Crippen LogP contribution in [0.4, 0.5) is 0 Å². The van der Waals surface area contributed by atoms with Crippen LogP contribution in [-0.4, -0.2) is 33.5 Å². The van der Waals surface area contributed by atoms with Crippen molar-refractivity contribution >= 4 is 11.9 Å². The predicted octanol–water partition coefficient (Wildman–Crippen LogP) is -0.172. The normalized spacial score (nSPS) is 17.1. The van der Waals surface area contributed by atoms with E-state index in [1.54, 1.807) is 0 Å². The maximum Gasteiger partial charge on any atom is 0.326 e. The number of H-pyrrole nitrogens is 2. The van der Waals surface area contributed by atoms with Crippen molar-refractivity contribution in [3.63, 3.8) is 0 Å². The standard InChI is InChI=1S/C13H17N3O5/c17-9-6-8(15-12(21)16-9)10(18)14-7-13(11(19)20)4-2-1-3-5-13/h6H,1-5,7H2,(H,14,18)(H,19,20)(H2,15,16,17,21). The lowest BCUT2D eigenvalue weighted by Crippen LogP contribution is -2.45. The minimum absolute atomic E-state index is 0.0179. The van der Waals surface area contributed by atoms with Gasteiger partial charge in [0.05, 0.1) is 5.41 Å². The van der Waals surface area contributed by atoms with Crippen molar-refractivity contribution in [2.45, 2.75) is 32.1 Å². The number of aromatic nitrogens is 2. The summed E-state index contributed by atoms with van der Waals surface area (Å²) >= 11 is 0. The first kappa shape index (κ1) is 15.0.